The van der Waals surface area contributed by atoms with E-state index in [1.54, 1.807) is 13.1 Å². The van der Waals surface area contributed by atoms with E-state index in [-0.39, 0.29) is 11.5 Å². The molecule has 1 heterocycles. The molecule has 1 aliphatic rings. The second-order valence-electron chi connectivity index (χ2n) is 4.15. The van der Waals surface area contributed by atoms with Gasteiger partial charge >= 0.3 is 6.29 Å². The lowest BCUT2D eigenvalue weighted by Crippen LogP contribution is -2.14. The number of halogens is 2. The van der Waals surface area contributed by atoms with E-state index in [9.17, 15) is 8.78 Å². The zero-order valence-electron chi connectivity index (χ0n) is 10.2. The van der Waals surface area contributed by atoms with E-state index in [4.69, 9.17) is 0 Å². The molecule has 1 aliphatic heterocycles. The Kier molecular flexibility index (Phi) is 4.66. The Labute approximate surface area is 99.8 Å². The molecule has 0 saturated carbocycles. The Bertz CT molecular complexity index is 346. The lowest BCUT2D eigenvalue weighted by molar-refractivity contribution is -0.326. The first-order chi connectivity index (χ1) is 7.94. The molecule has 5 heteroatoms. The summed E-state index contributed by atoms with van der Waals surface area (Å²) in [4.78, 5) is 3.68. The molecule has 0 radical (unpaired) electrons. The molecule has 3 nitrogen and oxygen atoms in total. The van der Waals surface area contributed by atoms with Crippen LogP contribution in [0.4, 0.5) is 8.78 Å². The molecule has 1 saturated heterocycles. The third-order valence-corrected chi connectivity index (χ3v) is 2.15. The maximum absolute atomic E-state index is 12.9. The van der Waals surface area contributed by atoms with Gasteiger partial charge in [0.15, 0.2) is 11.5 Å². The van der Waals surface area contributed by atoms with Gasteiger partial charge in [0, 0.05) is 19.3 Å². The average Bonchev–Trinajstić information content (AvgIpc) is 2.50. The highest BCUT2D eigenvalue weighted by atomic mass is 19.3. The molecule has 0 aromatic rings. The predicted molar refractivity (Wildman–Crippen MR) is 61.8 cm³/mol. The van der Waals surface area contributed by atoms with Crippen LogP contribution in [-0.2, 0) is 9.47 Å². The molecule has 0 unspecified atom stereocenters. The summed E-state index contributed by atoms with van der Waals surface area (Å²) in [6.45, 7) is 4.14. The first-order valence-electron chi connectivity index (χ1n) is 5.53. The first kappa shape index (κ1) is 13.7. The van der Waals surface area contributed by atoms with E-state index >= 15 is 0 Å². The summed E-state index contributed by atoms with van der Waals surface area (Å²) in [5.74, 6) is 0.610. The van der Waals surface area contributed by atoms with Crippen LogP contribution in [0.3, 0.4) is 0 Å². The fourth-order valence-electron chi connectivity index (χ4n) is 1.33. The molecule has 0 atom stereocenters. The van der Waals surface area contributed by atoms with Crippen LogP contribution >= 0.6 is 0 Å². The standard InChI is InChI=1S/C12H17F2NO2/c1-9(2)5-4-6-10-11(7-8-15-3)17-12(13,14)16-10/h6-9H,4-5H2,1-3H3/b10-6+,11-7+,15-8?. The molecular weight excluding hydrogens is 228 g/mol. The number of ether oxygens (including phenoxy) is 2. The molecule has 0 bridgehead atoms. The first-order valence-corrected chi connectivity index (χ1v) is 5.53. The van der Waals surface area contributed by atoms with Crippen LogP contribution in [0.2, 0.25) is 0 Å². The lowest BCUT2D eigenvalue weighted by atomic mass is 10.1. The molecule has 17 heavy (non-hydrogen) atoms. The fourth-order valence-corrected chi connectivity index (χ4v) is 1.33. The number of allylic oxidation sites excluding steroid dienone is 2. The fraction of sp³-hybridized carbons (Fsp3) is 0.583. The van der Waals surface area contributed by atoms with Gasteiger partial charge in [0.2, 0.25) is 0 Å². The highest BCUT2D eigenvalue weighted by molar-refractivity contribution is 5.72. The summed E-state index contributed by atoms with van der Waals surface area (Å²) in [7, 11) is 1.55. The molecule has 96 valence electrons. The van der Waals surface area contributed by atoms with E-state index < -0.39 is 6.29 Å². The molecular formula is C12H17F2NO2. The van der Waals surface area contributed by atoms with Gasteiger partial charge in [-0.05, 0) is 24.8 Å². The minimum absolute atomic E-state index is 0.0179. The SMILES string of the molecule is CN=C/C=C1/OC(F)(F)O/C1=C/CCC(C)C. The zero-order valence-corrected chi connectivity index (χ0v) is 10.2. The smallest absolute Gasteiger partial charge is 0.396 e. The van der Waals surface area contributed by atoms with Crippen molar-refractivity contribution in [3.8, 4) is 0 Å². The van der Waals surface area contributed by atoms with Crippen LogP contribution in [0.5, 0.6) is 0 Å². The van der Waals surface area contributed by atoms with Crippen LogP contribution in [0.15, 0.2) is 28.7 Å². The van der Waals surface area contributed by atoms with E-state index in [1.165, 1.54) is 12.3 Å². The minimum atomic E-state index is -3.57. The van der Waals surface area contributed by atoms with Crippen LogP contribution in [0, 0.1) is 5.92 Å². The van der Waals surface area contributed by atoms with Gasteiger partial charge in [0.1, 0.15) is 0 Å². The second kappa shape index (κ2) is 5.80. The van der Waals surface area contributed by atoms with Crippen molar-refractivity contribution < 1.29 is 18.3 Å². The summed E-state index contributed by atoms with van der Waals surface area (Å²) >= 11 is 0. The second-order valence-corrected chi connectivity index (χ2v) is 4.15. The van der Waals surface area contributed by atoms with Crippen molar-refractivity contribution >= 4 is 6.21 Å². The van der Waals surface area contributed by atoms with Gasteiger partial charge in [0.05, 0.1) is 0 Å². The van der Waals surface area contributed by atoms with Gasteiger partial charge in [-0.3, -0.25) is 4.99 Å². The third-order valence-electron chi connectivity index (χ3n) is 2.15. The number of nitrogens with zero attached hydrogens (tertiary/aromatic N) is 1. The topological polar surface area (TPSA) is 30.8 Å². The molecule has 1 rings (SSSR count). The van der Waals surface area contributed by atoms with Crippen molar-refractivity contribution in [3.05, 3.63) is 23.7 Å². The summed E-state index contributed by atoms with van der Waals surface area (Å²) in [5.41, 5.74) is 0. The Morgan fingerprint density at radius 1 is 1.29 bits per heavy atom. The summed E-state index contributed by atoms with van der Waals surface area (Å²) in [5, 5.41) is 0. The summed E-state index contributed by atoms with van der Waals surface area (Å²) in [6.07, 6.45) is 2.38. The van der Waals surface area contributed by atoms with Crippen molar-refractivity contribution in [2.24, 2.45) is 10.9 Å². The molecule has 0 aliphatic carbocycles. The summed E-state index contributed by atoms with van der Waals surface area (Å²) in [6, 6.07) is 0. The molecule has 0 amide bonds. The molecule has 0 spiro atoms. The highest BCUT2D eigenvalue weighted by Gasteiger charge is 2.45. The maximum Gasteiger partial charge on any atom is 0.586 e. The lowest BCUT2D eigenvalue weighted by Gasteiger charge is -2.03. The van der Waals surface area contributed by atoms with E-state index in [0.717, 1.165) is 6.42 Å². The molecule has 0 aromatic carbocycles. The Morgan fingerprint density at radius 3 is 2.53 bits per heavy atom. The molecule has 0 N–H and O–H groups in total. The van der Waals surface area contributed by atoms with E-state index in [2.05, 4.69) is 28.3 Å². The predicted octanol–water partition coefficient (Wildman–Crippen LogP) is 3.49. The Balaban J connectivity index is 2.73. The number of rotatable bonds is 4. The largest absolute Gasteiger partial charge is 0.586 e. The Hall–Kier alpha value is -1.39. The van der Waals surface area contributed by atoms with Crippen LogP contribution < -0.4 is 0 Å². The van der Waals surface area contributed by atoms with Gasteiger partial charge in [0.25, 0.3) is 0 Å². The van der Waals surface area contributed by atoms with Gasteiger partial charge in [-0.2, -0.15) is 0 Å². The quantitative estimate of drug-likeness (QED) is 0.710. The Morgan fingerprint density at radius 2 is 1.94 bits per heavy atom. The van der Waals surface area contributed by atoms with Crippen LogP contribution in [-0.4, -0.2) is 19.6 Å². The molecule has 1 fully saturated rings. The van der Waals surface area contributed by atoms with Gasteiger partial charge in [-0.15, -0.1) is 8.78 Å². The van der Waals surface area contributed by atoms with E-state index in [0.29, 0.717) is 12.3 Å². The third kappa shape index (κ3) is 4.54. The van der Waals surface area contributed by atoms with Crippen molar-refractivity contribution in [2.45, 2.75) is 33.0 Å². The van der Waals surface area contributed by atoms with Crippen molar-refractivity contribution in [2.75, 3.05) is 7.05 Å². The number of alkyl halides is 2. The number of hydrogen-bond donors (Lipinski definition) is 0. The van der Waals surface area contributed by atoms with Crippen LogP contribution in [0.25, 0.3) is 0 Å². The zero-order chi connectivity index (χ0) is 12.9. The van der Waals surface area contributed by atoms with Crippen molar-refractivity contribution in [1.82, 2.24) is 0 Å². The minimum Gasteiger partial charge on any atom is -0.396 e. The van der Waals surface area contributed by atoms with Gasteiger partial charge < -0.3 is 9.47 Å². The van der Waals surface area contributed by atoms with Crippen molar-refractivity contribution in [3.63, 3.8) is 0 Å². The highest BCUT2D eigenvalue weighted by Crippen LogP contribution is 2.36. The van der Waals surface area contributed by atoms with Crippen LogP contribution in [0.1, 0.15) is 26.7 Å². The molecule has 0 aromatic heterocycles. The van der Waals surface area contributed by atoms with Gasteiger partial charge in [-0.1, -0.05) is 13.8 Å². The normalized spacial score (nSPS) is 23.6. The maximum atomic E-state index is 12.9. The number of aliphatic imine (C=N–C) groups is 1. The average molecular weight is 245 g/mol. The van der Waals surface area contributed by atoms with Crippen molar-refractivity contribution in [1.29, 1.82) is 0 Å². The summed E-state index contributed by atoms with van der Waals surface area (Å²) < 4.78 is 34.6. The van der Waals surface area contributed by atoms with Gasteiger partial charge in [-0.25, -0.2) is 0 Å². The number of hydrogen-bond acceptors (Lipinski definition) is 3. The van der Waals surface area contributed by atoms with E-state index in [1.807, 2.05) is 0 Å². The monoisotopic (exact) mass is 245 g/mol.